The van der Waals surface area contributed by atoms with Gasteiger partial charge in [-0.3, -0.25) is 4.79 Å². The standard InChI is InChI=1S/C18H31NO8/c1-17(2,3)27-16(22)19-9-7-8-10(14(20)21)11-12(23-6)13-15(24-11)26-18(4,5)25-13/h10-13,15H,7-9H2,1-6H3,(H,19,22)(H,20,21)/t10-,11+,12-,13+,15+/m0/s1. The van der Waals surface area contributed by atoms with Crippen molar-refractivity contribution < 1.29 is 38.4 Å². The topological polar surface area (TPSA) is 113 Å². The summed E-state index contributed by atoms with van der Waals surface area (Å²) in [6, 6.07) is 0. The second kappa shape index (κ2) is 8.30. The maximum absolute atomic E-state index is 11.8. The van der Waals surface area contributed by atoms with E-state index in [-0.39, 0.29) is 0 Å². The van der Waals surface area contributed by atoms with Crippen molar-refractivity contribution in [2.75, 3.05) is 13.7 Å². The fourth-order valence-corrected chi connectivity index (χ4v) is 3.35. The highest BCUT2D eigenvalue weighted by molar-refractivity contribution is 5.71. The molecule has 2 N–H and O–H groups in total. The minimum absolute atomic E-state index is 0.302. The monoisotopic (exact) mass is 389 g/mol. The van der Waals surface area contributed by atoms with E-state index in [0.717, 1.165) is 0 Å². The first-order chi connectivity index (χ1) is 12.4. The number of hydrogen-bond acceptors (Lipinski definition) is 7. The molecule has 27 heavy (non-hydrogen) atoms. The maximum Gasteiger partial charge on any atom is 0.407 e. The largest absolute Gasteiger partial charge is 0.481 e. The van der Waals surface area contributed by atoms with Crippen molar-refractivity contribution in [2.45, 2.75) is 83.5 Å². The Morgan fingerprint density at radius 3 is 2.48 bits per heavy atom. The zero-order valence-corrected chi connectivity index (χ0v) is 16.8. The molecule has 2 heterocycles. The summed E-state index contributed by atoms with van der Waals surface area (Å²) in [6.45, 7) is 9.17. The van der Waals surface area contributed by atoms with Gasteiger partial charge >= 0.3 is 12.1 Å². The molecule has 0 aromatic heterocycles. The highest BCUT2D eigenvalue weighted by Gasteiger charge is 2.57. The van der Waals surface area contributed by atoms with Crippen molar-refractivity contribution in [3.8, 4) is 0 Å². The van der Waals surface area contributed by atoms with Gasteiger partial charge in [-0.2, -0.15) is 0 Å². The van der Waals surface area contributed by atoms with Crippen molar-refractivity contribution >= 4 is 12.1 Å². The lowest BCUT2D eigenvalue weighted by Gasteiger charge is -2.28. The fourth-order valence-electron chi connectivity index (χ4n) is 3.35. The van der Waals surface area contributed by atoms with Crippen LogP contribution in [0.25, 0.3) is 0 Å². The molecule has 0 saturated carbocycles. The van der Waals surface area contributed by atoms with Gasteiger partial charge in [0.15, 0.2) is 12.1 Å². The number of amides is 1. The summed E-state index contributed by atoms with van der Waals surface area (Å²) in [7, 11) is 1.50. The average Bonchev–Trinajstić information content (AvgIpc) is 2.95. The number of ether oxygens (including phenoxy) is 5. The molecule has 0 radical (unpaired) electrons. The van der Waals surface area contributed by atoms with Crippen molar-refractivity contribution in [3.05, 3.63) is 0 Å². The summed E-state index contributed by atoms with van der Waals surface area (Å²) in [5, 5.41) is 12.3. The van der Waals surface area contributed by atoms with Gasteiger partial charge in [-0.05, 0) is 47.5 Å². The van der Waals surface area contributed by atoms with Crippen molar-refractivity contribution in [3.63, 3.8) is 0 Å². The first-order valence-electron chi connectivity index (χ1n) is 9.17. The summed E-state index contributed by atoms with van der Waals surface area (Å²) in [6.07, 6.45) is -2.14. The Labute approximate surface area is 159 Å². The summed E-state index contributed by atoms with van der Waals surface area (Å²) in [4.78, 5) is 23.4. The van der Waals surface area contributed by atoms with Gasteiger partial charge in [-0.15, -0.1) is 0 Å². The van der Waals surface area contributed by atoms with Gasteiger partial charge in [0, 0.05) is 13.7 Å². The molecule has 0 unspecified atom stereocenters. The van der Waals surface area contributed by atoms with E-state index in [2.05, 4.69) is 5.32 Å². The lowest BCUT2D eigenvalue weighted by molar-refractivity contribution is -0.224. The molecule has 0 aromatic carbocycles. The summed E-state index contributed by atoms with van der Waals surface area (Å²) < 4.78 is 27.9. The van der Waals surface area contributed by atoms with Crippen LogP contribution in [0.1, 0.15) is 47.5 Å². The van der Waals surface area contributed by atoms with Crippen LogP contribution in [-0.4, -0.2) is 66.8 Å². The Morgan fingerprint density at radius 1 is 1.26 bits per heavy atom. The maximum atomic E-state index is 11.8. The molecule has 2 saturated heterocycles. The Kier molecular flexibility index (Phi) is 6.72. The number of alkyl carbamates (subject to hydrolysis) is 1. The minimum Gasteiger partial charge on any atom is -0.481 e. The normalized spacial score (nSPS) is 30.6. The molecule has 156 valence electrons. The average molecular weight is 389 g/mol. The molecule has 0 spiro atoms. The molecule has 2 fully saturated rings. The molecule has 0 bridgehead atoms. The zero-order chi connectivity index (χ0) is 20.4. The SMILES string of the molecule is CO[C@@H]1[C@H]2OC(C)(C)O[C@H]2O[C@@H]1[C@H](CCCNC(=O)OC(C)(C)C)C(=O)O. The highest BCUT2D eigenvalue weighted by atomic mass is 16.8. The van der Waals surface area contributed by atoms with Crippen LogP contribution in [0.3, 0.4) is 0 Å². The number of aliphatic carboxylic acids is 1. The van der Waals surface area contributed by atoms with Crippen LogP contribution in [0.5, 0.6) is 0 Å². The molecule has 9 heteroatoms. The number of nitrogens with one attached hydrogen (secondary N) is 1. The number of carboxylic acids is 1. The van der Waals surface area contributed by atoms with E-state index in [4.69, 9.17) is 23.7 Å². The number of carbonyl (C=O) groups is 2. The third-order valence-electron chi connectivity index (χ3n) is 4.37. The number of fused-ring (bicyclic) bond motifs is 1. The van der Waals surface area contributed by atoms with E-state index in [1.807, 2.05) is 0 Å². The first-order valence-corrected chi connectivity index (χ1v) is 9.17. The van der Waals surface area contributed by atoms with Crippen LogP contribution in [0.2, 0.25) is 0 Å². The van der Waals surface area contributed by atoms with Crippen molar-refractivity contribution in [1.29, 1.82) is 0 Å². The number of methoxy groups -OCH3 is 1. The van der Waals surface area contributed by atoms with Crippen LogP contribution >= 0.6 is 0 Å². The third-order valence-corrected chi connectivity index (χ3v) is 4.37. The van der Waals surface area contributed by atoms with Crippen LogP contribution in [0, 0.1) is 5.92 Å². The number of carbonyl (C=O) groups excluding carboxylic acids is 1. The lowest BCUT2D eigenvalue weighted by atomic mass is 9.92. The molecule has 2 rings (SSSR count). The van der Waals surface area contributed by atoms with Gasteiger partial charge in [0.05, 0.1) is 5.92 Å². The Balaban J connectivity index is 1.88. The molecule has 1 amide bonds. The predicted molar refractivity (Wildman–Crippen MR) is 94.1 cm³/mol. The molecule has 5 atom stereocenters. The Bertz CT molecular complexity index is 544. The Hall–Kier alpha value is -1.42. The van der Waals surface area contributed by atoms with E-state index in [1.165, 1.54) is 7.11 Å². The van der Waals surface area contributed by atoms with Gasteiger partial charge in [0.1, 0.15) is 23.9 Å². The van der Waals surface area contributed by atoms with Gasteiger partial charge in [0.25, 0.3) is 0 Å². The zero-order valence-electron chi connectivity index (χ0n) is 16.8. The molecular formula is C18H31NO8. The van der Waals surface area contributed by atoms with Crippen molar-refractivity contribution in [2.24, 2.45) is 5.92 Å². The molecule has 0 aliphatic carbocycles. The molecule has 9 nitrogen and oxygen atoms in total. The summed E-state index contributed by atoms with van der Waals surface area (Å²) in [5.74, 6) is -2.59. The third kappa shape index (κ3) is 5.78. The van der Waals surface area contributed by atoms with Crippen LogP contribution in [-0.2, 0) is 28.5 Å². The summed E-state index contributed by atoms with van der Waals surface area (Å²) >= 11 is 0. The second-order valence-electron chi connectivity index (χ2n) is 8.29. The molecule has 2 aliphatic rings. The van der Waals surface area contributed by atoms with Crippen LogP contribution < -0.4 is 5.32 Å². The van der Waals surface area contributed by atoms with E-state index in [1.54, 1.807) is 34.6 Å². The van der Waals surface area contributed by atoms with Crippen LogP contribution in [0.15, 0.2) is 0 Å². The minimum atomic E-state index is -0.987. The predicted octanol–water partition coefficient (Wildman–Crippen LogP) is 1.88. The number of rotatable bonds is 7. The first kappa shape index (κ1) is 21.9. The molecular weight excluding hydrogens is 358 g/mol. The van der Waals surface area contributed by atoms with Gasteiger partial charge < -0.3 is 34.1 Å². The van der Waals surface area contributed by atoms with E-state index in [9.17, 15) is 14.7 Å². The van der Waals surface area contributed by atoms with E-state index < -0.39 is 54.0 Å². The summed E-state index contributed by atoms with van der Waals surface area (Å²) in [5.41, 5.74) is -0.581. The van der Waals surface area contributed by atoms with Crippen molar-refractivity contribution in [1.82, 2.24) is 5.32 Å². The number of carboxylic acid groups (broad SMARTS) is 1. The fraction of sp³-hybridized carbons (Fsp3) is 0.889. The smallest absolute Gasteiger partial charge is 0.407 e. The quantitative estimate of drug-likeness (QED) is 0.635. The van der Waals surface area contributed by atoms with Gasteiger partial charge in [0.2, 0.25) is 0 Å². The van der Waals surface area contributed by atoms with E-state index in [0.29, 0.717) is 19.4 Å². The van der Waals surface area contributed by atoms with Crippen LogP contribution in [0.4, 0.5) is 4.79 Å². The molecule has 0 aromatic rings. The molecule has 2 aliphatic heterocycles. The van der Waals surface area contributed by atoms with Gasteiger partial charge in [-0.25, -0.2) is 4.79 Å². The lowest BCUT2D eigenvalue weighted by Crippen LogP contribution is -2.42. The highest BCUT2D eigenvalue weighted by Crippen LogP contribution is 2.41. The number of hydrogen-bond donors (Lipinski definition) is 2. The second-order valence-corrected chi connectivity index (χ2v) is 8.29. The Morgan fingerprint density at radius 2 is 1.93 bits per heavy atom. The van der Waals surface area contributed by atoms with Gasteiger partial charge in [-0.1, -0.05) is 0 Å². The van der Waals surface area contributed by atoms with E-state index >= 15 is 0 Å².